The standard InChI is InChI=1S/C22H30N4O3S/c1-15-11-16(2)14-25(13-15)30(28,29)20-6-4-5-19(12-20)22(27)24-21-9-10-23-26(21)17(3)18-7-8-18/h4-6,9-10,12,15-18H,7-8,11,13-14H2,1-3H3,(H,24,27). The van der Waals surface area contributed by atoms with Gasteiger partial charge in [-0.05, 0) is 62.1 Å². The second-order valence-electron chi connectivity index (χ2n) is 8.99. The van der Waals surface area contributed by atoms with Crippen molar-refractivity contribution in [3.8, 4) is 0 Å². The van der Waals surface area contributed by atoms with E-state index in [0.717, 1.165) is 6.42 Å². The van der Waals surface area contributed by atoms with Crippen LogP contribution in [0.1, 0.15) is 56.4 Å². The fraction of sp³-hybridized carbons (Fsp3) is 0.545. The van der Waals surface area contributed by atoms with Gasteiger partial charge in [0, 0.05) is 24.7 Å². The van der Waals surface area contributed by atoms with Crippen LogP contribution in [0.5, 0.6) is 0 Å². The van der Waals surface area contributed by atoms with Crippen LogP contribution in [-0.4, -0.2) is 41.5 Å². The summed E-state index contributed by atoms with van der Waals surface area (Å²) in [5.74, 6) is 1.54. The summed E-state index contributed by atoms with van der Waals surface area (Å²) < 4.78 is 29.7. The summed E-state index contributed by atoms with van der Waals surface area (Å²) in [5, 5.41) is 7.25. The molecule has 0 radical (unpaired) electrons. The molecule has 2 heterocycles. The third kappa shape index (κ3) is 4.30. The Morgan fingerprint density at radius 2 is 1.87 bits per heavy atom. The molecule has 2 fully saturated rings. The van der Waals surface area contributed by atoms with Crippen molar-refractivity contribution in [2.75, 3.05) is 18.4 Å². The molecule has 162 valence electrons. The van der Waals surface area contributed by atoms with Crippen LogP contribution in [0.3, 0.4) is 0 Å². The van der Waals surface area contributed by atoms with Gasteiger partial charge in [0.25, 0.3) is 5.91 Å². The number of sulfonamides is 1. The summed E-state index contributed by atoms with van der Waals surface area (Å²) in [6.07, 6.45) is 5.07. The molecule has 1 saturated carbocycles. The van der Waals surface area contributed by atoms with Gasteiger partial charge in [0.15, 0.2) is 0 Å². The van der Waals surface area contributed by atoms with E-state index in [1.165, 1.54) is 18.9 Å². The molecule has 1 aliphatic carbocycles. The van der Waals surface area contributed by atoms with E-state index in [0.29, 0.717) is 42.2 Å². The van der Waals surface area contributed by atoms with Gasteiger partial charge in [0.2, 0.25) is 10.0 Å². The summed E-state index contributed by atoms with van der Waals surface area (Å²) in [7, 11) is -3.63. The maximum absolute atomic E-state index is 13.2. The Morgan fingerprint density at radius 1 is 1.17 bits per heavy atom. The van der Waals surface area contributed by atoms with E-state index in [2.05, 4.69) is 31.2 Å². The van der Waals surface area contributed by atoms with Gasteiger partial charge in [-0.2, -0.15) is 9.40 Å². The van der Waals surface area contributed by atoms with Crippen LogP contribution in [0, 0.1) is 17.8 Å². The van der Waals surface area contributed by atoms with E-state index in [9.17, 15) is 13.2 Å². The Balaban J connectivity index is 1.53. The maximum atomic E-state index is 13.2. The summed E-state index contributed by atoms with van der Waals surface area (Å²) in [6.45, 7) is 7.29. The fourth-order valence-corrected chi connectivity index (χ4v) is 6.18. The monoisotopic (exact) mass is 430 g/mol. The summed E-state index contributed by atoms with van der Waals surface area (Å²) in [4.78, 5) is 13.0. The minimum Gasteiger partial charge on any atom is -0.307 e. The number of aromatic nitrogens is 2. The van der Waals surface area contributed by atoms with Crippen LogP contribution in [0.4, 0.5) is 5.82 Å². The lowest BCUT2D eigenvalue weighted by Gasteiger charge is -2.34. The first kappa shape index (κ1) is 21.1. The quantitative estimate of drug-likeness (QED) is 0.756. The van der Waals surface area contributed by atoms with Crippen molar-refractivity contribution in [3.05, 3.63) is 42.1 Å². The number of anilines is 1. The number of piperidine rings is 1. The van der Waals surface area contributed by atoms with Crippen LogP contribution < -0.4 is 5.32 Å². The maximum Gasteiger partial charge on any atom is 0.256 e. The van der Waals surface area contributed by atoms with Crippen molar-refractivity contribution in [2.24, 2.45) is 17.8 Å². The zero-order valence-corrected chi connectivity index (χ0v) is 18.6. The molecule has 1 N–H and O–H groups in total. The van der Waals surface area contributed by atoms with Gasteiger partial charge in [0.05, 0.1) is 17.1 Å². The average molecular weight is 431 g/mol. The van der Waals surface area contributed by atoms with Crippen molar-refractivity contribution in [1.29, 1.82) is 0 Å². The first-order valence-corrected chi connectivity index (χ1v) is 12.1. The average Bonchev–Trinajstić information content (AvgIpc) is 3.46. The molecule has 3 atom stereocenters. The Hall–Kier alpha value is -2.19. The summed E-state index contributed by atoms with van der Waals surface area (Å²) >= 11 is 0. The van der Waals surface area contributed by atoms with Crippen LogP contribution in [0.25, 0.3) is 0 Å². The second kappa shape index (κ2) is 8.15. The molecule has 4 rings (SSSR count). The van der Waals surface area contributed by atoms with Crippen LogP contribution in [-0.2, 0) is 10.0 Å². The van der Waals surface area contributed by atoms with Crippen LogP contribution in [0.2, 0.25) is 0 Å². The van der Waals surface area contributed by atoms with Crippen molar-refractivity contribution in [2.45, 2.75) is 51.0 Å². The predicted octanol–water partition coefficient (Wildman–Crippen LogP) is 3.77. The lowest BCUT2D eigenvalue weighted by Crippen LogP contribution is -2.42. The van der Waals surface area contributed by atoms with Crippen LogP contribution >= 0.6 is 0 Å². The molecule has 3 unspecified atom stereocenters. The number of carbonyl (C=O) groups excluding carboxylic acids is 1. The third-order valence-corrected chi connectivity index (χ3v) is 8.00. The normalized spacial score (nSPS) is 23.8. The Kier molecular flexibility index (Phi) is 5.72. The molecule has 2 aliphatic rings. The summed E-state index contributed by atoms with van der Waals surface area (Å²) in [6, 6.07) is 8.30. The Bertz CT molecular complexity index is 1020. The summed E-state index contributed by atoms with van der Waals surface area (Å²) in [5.41, 5.74) is 0.320. The van der Waals surface area contributed by atoms with E-state index >= 15 is 0 Å². The topological polar surface area (TPSA) is 84.3 Å². The first-order chi connectivity index (χ1) is 14.3. The molecule has 0 spiro atoms. The highest BCUT2D eigenvalue weighted by molar-refractivity contribution is 7.89. The Labute approximate surface area is 178 Å². The minimum absolute atomic E-state index is 0.163. The molecular formula is C22H30N4O3S. The molecule has 1 aromatic heterocycles. The van der Waals surface area contributed by atoms with Crippen molar-refractivity contribution >= 4 is 21.7 Å². The number of rotatable bonds is 6. The molecule has 7 nitrogen and oxygen atoms in total. The smallest absolute Gasteiger partial charge is 0.256 e. The van der Waals surface area contributed by atoms with Gasteiger partial charge in [-0.1, -0.05) is 19.9 Å². The molecule has 0 bridgehead atoms. The van der Waals surface area contributed by atoms with Gasteiger partial charge >= 0.3 is 0 Å². The minimum atomic E-state index is -3.63. The van der Waals surface area contributed by atoms with E-state index in [-0.39, 0.29) is 16.8 Å². The lowest BCUT2D eigenvalue weighted by molar-refractivity contribution is 0.102. The first-order valence-electron chi connectivity index (χ1n) is 10.7. The van der Waals surface area contributed by atoms with Gasteiger partial charge in [-0.15, -0.1) is 0 Å². The lowest BCUT2D eigenvalue weighted by atomic mass is 9.94. The van der Waals surface area contributed by atoms with E-state index in [1.807, 2.05) is 4.68 Å². The Morgan fingerprint density at radius 3 is 2.53 bits per heavy atom. The van der Waals surface area contributed by atoms with Crippen LogP contribution in [0.15, 0.2) is 41.4 Å². The molecular weight excluding hydrogens is 400 g/mol. The number of hydrogen-bond donors (Lipinski definition) is 1. The number of amides is 1. The molecule has 1 saturated heterocycles. The van der Waals surface area contributed by atoms with Gasteiger partial charge in [0.1, 0.15) is 5.82 Å². The zero-order chi connectivity index (χ0) is 21.5. The number of nitrogens with one attached hydrogen (secondary N) is 1. The SMILES string of the molecule is CC1CC(C)CN(S(=O)(=O)c2cccc(C(=O)Nc3ccnn3C(C)C3CC3)c2)C1. The van der Waals surface area contributed by atoms with Gasteiger partial charge < -0.3 is 5.32 Å². The van der Waals surface area contributed by atoms with E-state index in [4.69, 9.17) is 0 Å². The second-order valence-corrected chi connectivity index (χ2v) is 10.9. The fourth-order valence-electron chi connectivity index (χ4n) is 4.45. The van der Waals surface area contributed by atoms with E-state index < -0.39 is 10.0 Å². The number of benzene rings is 1. The highest BCUT2D eigenvalue weighted by Gasteiger charge is 2.33. The molecule has 2 aromatic rings. The highest BCUT2D eigenvalue weighted by Crippen LogP contribution is 2.40. The number of hydrogen-bond acceptors (Lipinski definition) is 4. The molecule has 1 aromatic carbocycles. The number of nitrogens with zero attached hydrogens (tertiary/aromatic N) is 3. The largest absolute Gasteiger partial charge is 0.307 e. The van der Waals surface area contributed by atoms with Crippen molar-refractivity contribution < 1.29 is 13.2 Å². The molecule has 8 heteroatoms. The van der Waals surface area contributed by atoms with Gasteiger partial charge in [-0.3, -0.25) is 4.79 Å². The third-order valence-electron chi connectivity index (χ3n) is 6.17. The van der Waals surface area contributed by atoms with E-state index in [1.54, 1.807) is 34.8 Å². The van der Waals surface area contributed by atoms with Crippen molar-refractivity contribution in [3.63, 3.8) is 0 Å². The molecule has 30 heavy (non-hydrogen) atoms. The highest BCUT2D eigenvalue weighted by atomic mass is 32.2. The predicted molar refractivity (Wildman–Crippen MR) is 116 cm³/mol. The molecule has 1 amide bonds. The number of carbonyl (C=O) groups is 1. The molecule has 1 aliphatic heterocycles. The zero-order valence-electron chi connectivity index (χ0n) is 17.8. The van der Waals surface area contributed by atoms with Gasteiger partial charge in [-0.25, -0.2) is 13.1 Å². The van der Waals surface area contributed by atoms with Crippen molar-refractivity contribution in [1.82, 2.24) is 14.1 Å².